The highest BCUT2D eigenvalue weighted by Crippen LogP contribution is 2.21. The molecule has 2 heterocycles. The number of furan rings is 2. The average molecular weight is 432 g/mol. The molecule has 3 rings (SSSR count). The zero-order valence-electron chi connectivity index (χ0n) is 16.5. The highest BCUT2D eigenvalue weighted by molar-refractivity contribution is 7.88. The Balaban J connectivity index is 1.68. The van der Waals surface area contributed by atoms with Gasteiger partial charge in [-0.3, -0.25) is 4.79 Å². The first-order chi connectivity index (χ1) is 14.2. The van der Waals surface area contributed by atoms with Gasteiger partial charge in [-0.15, -0.1) is 0 Å². The first kappa shape index (κ1) is 21.3. The van der Waals surface area contributed by atoms with E-state index in [0.29, 0.717) is 5.69 Å². The Bertz CT molecular complexity index is 1160. The molecule has 0 radical (unpaired) electrons. The summed E-state index contributed by atoms with van der Waals surface area (Å²) >= 11 is 0. The predicted molar refractivity (Wildman–Crippen MR) is 107 cm³/mol. The van der Waals surface area contributed by atoms with Crippen molar-refractivity contribution in [3.8, 4) is 0 Å². The number of hydrogen-bond donors (Lipinski definition) is 1. The van der Waals surface area contributed by atoms with Crippen molar-refractivity contribution in [3.05, 3.63) is 71.4 Å². The topological polar surface area (TPSA) is 119 Å². The Hall–Kier alpha value is -3.37. The first-order valence-electron chi connectivity index (χ1n) is 8.82. The van der Waals surface area contributed by atoms with Gasteiger partial charge in [-0.1, -0.05) is 6.07 Å². The zero-order valence-corrected chi connectivity index (χ0v) is 17.4. The lowest BCUT2D eigenvalue weighted by Gasteiger charge is -2.10. The molecule has 1 N–H and O–H groups in total. The molecule has 0 aliphatic rings. The lowest BCUT2D eigenvalue weighted by Crippen LogP contribution is -2.21. The molecule has 158 valence electrons. The second kappa shape index (κ2) is 8.56. The van der Waals surface area contributed by atoms with Crippen LogP contribution in [0.15, 0.2) is 62.7 Å². The summed E-state index contributed by atoms with van der Waals surface area (Å²) in [7, 11) is -0.937. The van der Waals surface area contributed by atoms with Crippen LogP contribution in [0.25, 0.3) is 0 Å². The van der Waals surface area contributed by atoms with Gasteiger partial charge in [0.1, 0.15) is 12.4 Å². The molecule has 0 atom stereocenters. The maximum atomic E-state index is 12.4. The summed E-state index contributed by atoms with van der Waals surface area (Å²) in [4.78, 5) is 24.6. The van der Waals surface area contributed by atoms with Crippen molar-refractivity contribution < 1.29 is 31.6 Å². The van der Waals surface area contributed by atoms with Crippen LogP contribution in [0.2, 0.25) is 0 Å². The van der Waals surface area contributed by atoms with E-state index < -0.39 is 21.9 Å². The van der Waals surface area contributed by atoms with Crippen LogP contribution in [0.5, 0.6) is 0 Å². The molecule has 0 fully saturated rings. The largest absolute Gasteiger partial charge is 0.459 e. The normalized spacial score (nSPS) is 11.5. The third-order valence-electron chi connectivity index (χ3n) is 4.18. The summed E-state index contributed by atoms with van der Waals surface area (Å²) in [6.07, 6.45) is 1.39. The van der Waals surface area contributed by atoms with E-state index in [1.807, 2.05) is 0 Å². The van der Waals surface area contributed by atoms with Gasteiger partial charge in [0.2, 0.25) is 5.09 Å². The van der Waals surface area contributed by atoms with E-state index in [1.54, 1.807) is 25.1 Å². The molecule has 0 bridgehead atoms. The van der Waals surface area contributed by atoms with Crippen LogP contribution < -0.4 is 5.32 Å². The fraction of sp³-hybridized carbons (Fsp3) is 0.200. The Morgan fingerprint density at radius 3 is 2.57 bits per heavy atom. The van der Waals surface area contributed by atoms with E-state index in [9.17, 15) is 18.0 Å². The van der Waals surface area contributed by atoms with Gasteiger partial charge in [-0.2, -0.15) is 0 Å². The standard InChI is InChI=1S/C20H20N2O7S/c1-13-6-7-14(11-16(13)21-19(23)17-5-4-10-27-17)20(24)28-12-15-8-9-18(29-15)30(25,26)22(2)3/h4-11H,12H2,1-3H3,(H,21,23). The Morgan fingerprint density at radius 1 is 1.13 bits per heavy atom. The van der Waals surface area contributed by atoms with Crippen molar-refractivity contribution in [2.45, 2.75) is 18.6 Å². The maximum absolute atomic E-state index is 12.4. The molecule has 0 saturated heterocycles. The van der Waals surface area contributed by atoms with E-state index in [-0.39, 0.29) is 28.8 Å². The van der Waals surface area contributed by atoms with E-state index in [0.717, 1.165) is 9.87 Å². The van der Waals surface area contributed by atoms with Crippen molar-refractivity contribution in [2.75, 3.05) is 19.4 Å². The third kappa shape index (κ3) is 4.61. The monoisotopic (exact) mass is 432 g/mol. The average Bonchev–Trinajstić information content (AvgIpc) is 3.40. The lowest BCUT2D eigenvalue weighted by molar-refractivity contribution is 0.0440. The smallest absolute Gasteiger partial charge is 0.338 e. The van der Waals surface area contributed by atoms with Gasteiger partial charge in [-0.05, 0) is 48.9 Å². The fourth-order valence-corrected chi connectivity index (χ4v) is 3.26. The number of benzene rings is 1. The van der Waals surface area contributed by atoms with Crippen LogP contribution in [-0.4, -0.2) is 38.7 Å². The van der Waals surface area contributed by atoms with Crippen LogP contribution in [0, 0.1) is 6.92 Å². The molecule has 2 aromatic heterocycles. The number of carbonyl (C=O) groups is 2. The fourth-order valence-electron chi connectivity index (χ4n) is 2.45. The summed E-state index contributed by atoms with van der Waals surface area (Å²) in [5.74, 6) is -0.776. The number of sulfonamides is 1. The summed E-state index contributed by atoms with van der Waals surface area (Å²) < 4.78 is 40.6. The summed E-state index contributed by atoms with van der Waals surface area (Å²) in [6, 6.07) is 10.6. The number of ether oxygens (including phenoxy) is 1. The highest BCUT2D eigenvalue weighted by Gasteiger charge is 2.22. The summed E-state index contributed by atoms with van der Waals surface area (Å²) in [5, 5.41) is 2.44. The minimum atomic E-state index is -3.71. The van der Waals surface area contributed by atoms with Crippen LogP contribution in [-0.2, 0) is 21.4 Å². The number of hydrogen-bond acceptors (Lipinski definition) is 7. The minimum absolute atomic E-state index is 0.142. The predicted octanol–water partition coefficient (Wildman–Crippen LogP) is 3.04. The van der Waals surface area contributed by atoms with E-state index >= 15 is 0 Å². The molecular weight excluding hydrogens is 412 g/mol. The first-order valence-corrected chi connectivity index (χ1v) is 10.3. The molecule has 1 aromatic carbocycles. The third-order valence-corrected chi connectivity index (χ3v) is 5.87. The molecule has 0 unspecified atom stereocenters. The van der Waals surface area contributed by atoms with Crippen molar-refractivity contribution >= 4 is 27.6 Å². The van der Waals surface area contributed by atoms with Gasteiger partial charge in [-0.25, -0.2) is 17.5 Å². The lowest BCUT2D eigenvalue weighted by atomic mass is 10.1. The van der Waals surface area contributed by atoms with Crippen molar-refractivity contribution in [2.24, 2.45) is 0 Å². The van der Waals surface area contributed by atoms with Gasteiger partial charge >= 0.3 is 5.97 Å². The number of aryl methyl sites for hydroxylation is 1. The Morgan fingerprint density at radius 2 is 1.90 bits per heavy atom. The van der Waals surface area contributed by atoms with Crippen LogP contribution >= 0.6 is 0 Å². The SMILES string of the molecule is Cc1ccc(C(=O)OCc2ccc(S(=O)(=O)N(C)C)o2)cc1NC(=O)c1ccco1. The van der Waals surface area contributed by atoms with Gasteiger partial charge in [0.05, 0.1) is 11.8 Å². The molecule has 9 nitrogen and oxygen atoms in total. The molecule has 1 amide bonds. The van der Waals surface area contributed by atoms with Crippen molar-refractivity contribution in [1.29, 1.82) is 0 Å². The number of nitrogens with one attached hydrogen (secondary N) is 1. The minimum Gasteiger partial charge on any atom is -0.459 e. The molecule has 10 heteroatoms. The van der Waals surface area contributed by atoms with E-state index in [4.69, 9.17) is 13.6 Å². The molecule has 0 saturated carbocycles. The van der Waals surface area contributed by atoms with Crippen LogP contribution in [0.4, 0.5) is 5.69 Å². The number of anilines is 1. The molecule has 0 aliphatic heterocycles. The van der Waals surface area contributed by atoms with Crippen molar-refractivity contribution in [1.82, 2.24) is 4.31 Å². The van der Waals surface area contributed by atoms with Gasteiger partial charge < -0.3 is 18.9 Å². The Kier molecular flexibility index (Phi) is 6.09. The maximum Gasteiger partial charge on any atom is 0.338 e. The van der Waals surface area contributed by atoms with Gasteiger partial charge in [0.15, 0.2) is 5.76 Å². The van der Waals surface area contributed by atoms with E-state index in [1.165, 1.54) is 44.6 Å². The van der Waals surface area contributed by atoms with Crippen molar-refractivity contribution in [3.63, 3.8) is 0 Å². The Labute approximate surface area is 173 Å². The molecule has 0 aliphatic carbocycles. The zero-order chi connectivity index (χ0) is 21.9. The second-order valence-corrected chi connectivity index (χ2v) is 8.63. The molecule has 30 heavy (non-hydrogen) atoms. The summed E-state index contributed by atoms with van der Waals surface area (Å²) in [5.41, 5.74) is 1.39. The van der Waals surface area contributed by atoms with Crippen LogP contribution in [0.1, 0.15) is 32.2 Å². The quantitative estimate of drug-likeness (QED) is 0.570. The van der Waals surface area contributed by atoms with E-state index in [2.05, 4.69) is 5.32 Å². The van der Waals surface area contributed by atoms with Crippen LogP contribution in [0.3, 0.4) is 0 Å². The number of esters is 1. The van der Waals surface area contributed by atoms with Gasteiger partial charge in [0.25, 0.3) is 15.9 Å². The second-order valence-electron chi connectivity index (χ2n) is 6.55. The molecule has 3 aromatic rings. The number of nitrogens with zero attached hydrogens (tertiary/aromatic N) is 1. The number of amides is 1. The molecular formula is C20H20N2O7S. The number of carbonyl (C=O) groups excluding carboxylic acids is 2. The number of rotatable bonds is 7. The summed E-state index contributed by atoms with van der Waals surface area (Å²) in [6.45, 7) is 1.53. The highest BCUT2D eigenvalue weighted by atomic mass is 32.2. The van der Waals surface area contributed by atoms with Gasteiger partial charge in [0, 0.05) is 19.8 Å². The molecule has 0 spiro atoms.